The van der Waals surface area contributed by atoms with Crippen LogP contribution in [0.4, 0.5) is 5.69 Å². The van der Waals surface area contributed by atoms with Gasteiger partial charge in [-0.05, 0) is 35.2 Å². The van der Waals surface area contributed by atoms with Crippen molar-refractivity contribution in [2.45, 2.75) is 32.8 Å². The van der Waals surface area contributed by atoms with Crippen LogP contribution >= 0.6 is 11.8 Å². The molecule has 2 aliphatic heterocycles. The number of ether oxygens (including phenoxy) is 2. The van der Waals surface area contributed by atoms with E-state index >= 15 is 0 Å². The van der Waals surface area contributed by atoms with Crippen LogP contribution < -0.4 is 4.90 Å². The van der Waals surface area contributed by atoms with Crippen LogP contribution in [0, 0.1) is 0 Å². The van der Waals surface area contributed by atoms with Crippen LogP contribution in [-0.2, 0) is 27.3 Å². The molecule has 3 aromatic rings. The highest BCUT2D eigenvalue weighted by molar-refractivity contribution is 8.15. The van der Waals surface area contributed by atoms with E-state index in [1.165, 1.54) is 17.8 Å². The summed E-state index contributed by atoms with van der Waals surface area (Å²) in [6.45, 7) is 8.79. The summed E-state index contributed by atoms with van der Waals surface area (Å²) in [5, 5.41) is 13.8. The number of para-hydroxylation sites is 1. The van der Waals surface area contributed by atoms with Crippen molar-refractivity contribution in [2.24, 2.45) is 10.2 Å². The topological polar surface area (TPSA) is 98.4 Å². The molecular weight excluding hydrogens is 514 g/mol. The minimum absolute atomic E-state index is 0.00731. The van der Waals surface area contributed by atoms with Gasteiger partial charge in [0.15, 0.2) is 10.9 Å². The number of esters is 1. The molecule has 0 bridgehead atoms. The molecule has 0 saturated carbocycles. The summed E-state index contributed by atoms with van der Waals surface area (Å²) in [5.74, 6) is 0.0982. The van der Waals surface area contributed by atoms with E-state index in [4.69, 9.17) is 9.47 Å². The van der Waals surface area contributed by atoms with Gasteiger partial charge in [0.25, 0.3) is 0 Å². The van der Waals surface area contributed by atoms with Gasteiger partial charge in [-0.15, -0.1) is 5.10 Å². The Balaban J connectivity index is 1.36. The molecule has 3 heterocycles. The number of hydrogen-bond acceptors (Lipinski definition) is 8. The first kappa shape index (κ1) is 26.6. The van der Waals surface area contributed by atoms with Gasteiger partial charge in [0.2, 0.25) is 5.91 Å². The first-order valence-corrected chi connectivity index (χ1v) is 13.7. The molecule has 10 heteroatoms. The molecule has 1 aromatic heterocycles. The van der Waals surface area contributed by atoms with Crippen molar-refractivity contribution in [1.82, 2.24) is 9.78 Å². The summed E-state index contributed by atoms with van der Waals surface area (Å²) in [6.07, 6.45) is 3.82. The van der Waals surface area contributed by atoms with Crippen molar-refractivity contribution in [3.8, 4) is 5.69 Å². The lowest BCUT2D eigenvalue weighted by Gasteiger charge is -2.20. The van der Waals surface area contributed by atoms with Gasteiger partial charge in [-0.2, -0.15) is 10.2 Å². The third kappa shape index (κ3) is 5.57. The fraction of sp³-hybridized carbons (Fsp3) is 0.276. The molecule has 2 aromatic carbocycles. The number of aromatic nitrogens is 2. The van der Waals surface area contributed by atoms with Gasteiger partial charge in [-0.1, -0.05) is 68.6 Å². The largest absolute Gasteiger partial charge is 0.457 e. The first-order chi connectivity index (χ1) is 19.0. The first-order valence-electron chi connectivity index (χ1n) is 12.7. The smallest absolute Gasteiger partial charge is 0.359 e. The Hall–Kier alpha value is -4.02. The molecule has 2 aliphatic rings. The van der Waals surface area contributed by atoms with Crippen LogP contribution in [0.15, 0.2) is 71.4 Å². The number of anilines is 1. The number of fused-ring (bicyclic) bond motifs is 1. The van der Waals surface area contributed by atoms with E-state index in [1.54, 1.807) is 15.8 Å². The summed E-state index contributed by atoms with van der Waals surface area (Å²) in [5.41, 5.74) is 5.54. The van der Waals surface area contributed by atoms with Crippen LogP contribution in [0.1, 0.15) is 52.6 Å². The van der Waals surface area contributed by atoms with E-state index in [-0.39, 0.29) is 24.1 Å². The highest BCUT2D eigenvalue weighted by Gasteiger charge is 2.32. The van der Waals surface area contributed by atoms with Gasteiger partial charge in [0, 0.05) is 12.0 Å². The Morgan fingerprint density at radius 1 is 1.23 bits per heavy atom. The van der Waals surface area contributed by atoms with Crippen LogP contribution in [0.5, 0.6) is 0 Å². The summed E-state index contributed by atoms with van der Waals surface area (Å²) < 4.78 is 12.6. The second kappa shape index (κ2) is 11.8. The van der Waals surface area contributed by atoms with Crippen molar-refractivity contribution in [3.63, 3.8) is 0 Å². The molecule has 200 valence electrons. The van der Waals surface area contributed by atoms with Crippen LogP contribution in [-0.4, -0.2) is 52.0 Å². The molecule has 0 unspecified atom stereocenters. The fourth-order valence-electron chi connectivity index (χ4n) is 4.52. The van der Waals surface area contributed by atoms with E-state index in [9.17, 15) is 9.59 Å². The SMILES string of the molecule is C=CCOC(=O)c1nn(-c2ccc(C=NN=C3SCC(=O)N3c3ccccc3C(C)C)cc2)c2c1COCC2. The second-order valence-electron chi connectivity index (χ2n) is 9.33. The lowest BCUT2D eigenvalue weighted by atomic mass is 10.0. The Kier molecular flexibility index (Phi) is 8.04. The molecule has 39 heavy (non-hydrogen) atoms. The van der Waals surface area contributed by atoms with Gasteiger partial charge >= 0.3 is 5.97 Å². The third-order valence-corrected chi connectivity index (χ3v) is 7.31. The van der Waals surface area contributed by atoms with Crippen molar-refractivity contribution in [1.29, 1.82) is 0 Å². The number of carbonyl (C=O) groups excluding carboxylic acids is 2. The number of carbonyl (C=O) groups is 2. The normalized spacial score (nSPS) is 16.3. The van der Waals surface area contributed by atoms with Gasteiger partial charge in [-0.3, -0.25) is 9.69 Å². The summed E-state index contributed by atoms with van der Waals surface area (Å²) in [4.78, 5) is 26.9. The predicted molar refractivity (Wildman–Crippen MR) is 153 cm³/mol. The minimum Gasteiger partial charge on any atom is -0.457 e. The van der Waals surface area contributed by atoms with E-state index in [0.29, 0.717) is 30.6 Å². The molecule has 0 radical (unpaired) electrons. The number of hydrogen-bond donors (Lipinski definition) is 0. The molecule has 5 rings (SSSR count). The highest BCUT2D eigenvalue weighted by atomic mass is 32.2. The lowest BCUT2D eigenvalue weighted by molar-refractivity contribution is -0.115. The van der Waals surface area contributed by atoms with Crippen LogP contribution in [0.25, 0.3) is 5.69 Å². The van der Waals surface area contributed by atoms with Crippen molar-refractivity contribution in [2.75, 3.05) is 23.9 Å². The maximum Gasteiger partial charge on any atom is 0.359 e. The number of thioether (sulfide) groups is 1. The van der Waals surface area contributed by atoms with E-state index in [2.05, 4.69) is 35.7 Å². The van der Waals surface area contributed by atoms with Crippen LogP contribution in [0.2, 0.25) is 0 Å². The highest BCUT2D eigenvalue weighted by Crippen LogP contribution is 2.33. The van der Waals surface area contributed by atoms with Crippen molar-refractivity contribution < 1.29 is 19.1 Å². The van der Waals surface area contributed by atoms with E-state index < -0.39 is 5.97 Å². The molecule has 1 saturated heterocycles. The standard InChI is InChI=1S/C29H29N5O4S/c1-4-14-38-28(36)27-23-17-37-15-13-25(23)34(32-27)21-11-9-20(10-12-21)16-30-31-29-33(26(35)18-39-29)24-8-6-5-7-22(24)19(2)3/h4-12,16,19H,1,13-15,17-18H2,2-3H3. The maximum absolute atomic E-state index is 12.7. The number of benzene rings is 2. The third-order valence-electron chi connectivity index (χ3n) is 6.40. The molecule has 0 N–H and O–H groups in total. The number of amides is 1. The van der Waals surface area contributed by atoms with Gasteiger partial charge in [0.05, 0.1) is 42.2 Å². The van der Waals surface area contributed by atoms with Gasteiger partial charge in [-0.25, -0.2) is 9.48 Å². The molecule has 0 aliphatic carbocycles. The zero-order valence-corrected chi connectivity index (χ0v) is 22.7. The second-order valence-corrected chi connectivity index (χ2v) is 10.3. The Morgan fingerprint density at radius 2 is 2.03 bits per heavy atom. The quantitative estimate of drug-likeness (QED) is 0.174. The molecule has 0 spiro atoms. The Morgan fingerprint density at radius 3 is 2.79 bits per heavy atom. The van der Waals surface area contributed by atoms with E-state index in [0.717, 1.165) is 33.8 Å². The summed E-state index contributed by atoms with van der Waals surface area (Å²) in [7, 11) is 0. The predicted octanol–water partition coefficient (Wildman–Crippen LogP) is 4.88. The summed E-state index contributed by atoms with van der Waals surface area (Å²) in [6, 6.07) is 15.5. The van der Waals surface area contributed by atoms with Crippen molar-refractivity contribution >= 4 is 40.7 Å². The Labute approximate surface area is 231 Å². The van der Waals surface area contributed by atoms with Gasteiger partial charge in [0.1, 0.15) is 6.61 Å². The molecule has 0 atom stereocenters. The molecule has 1 fully saturated rings. The minimum atomic E-state index is -0.494. The van der Waals surface area contributed by atoms with Crippen molar-refractivity contribution in [3.05, 3.63) is 89.3 Å². The summed E-state index contributed by atoms with van der Waals surface area (Å²) >= 11 is 1.38. The van der Waals surface area contributed by atoms with E-state index in [1.807, 2.05) is 48.5 Å². The molecule has 9 nitrogen and oxygen atoms in total. The maximum atomic E-state index is 12.7. The zero-order chi connectivity index (χ0) is 27.4. The Bertz CT molecular complexity index is 1460. The lowest BCUT2D eigenvalue weighted by Crippen LogP contribution is -2.30. The number of rotatable bonds is 8. The molecular formula is C29H29N5O4S. The zero-order valence-electron chi connectivity index (χ0n) is 21.9. The van der Waals surface area contributed by atoms with Gasteiger partial charge < -0.3 is 9.47 Å². The monoisotopic (exact) mass is 543 g/mol. The van der Waals surface area contributed by atoms with Crippen LogP contribution in [0.3, 0.4) is 0 Å². The average molecular weight is 544 g/mol. The fourth-order valence-corrected chi connectivity index (χ4v) is 5.33. The number of nitrogens with zero attached hydrogens (tertiary/aromatic N) is 5. The number of amidine groups is 1. The average Bonchev–Trinajstić information content (AvgIpc) is 3.52. The molecule has 1 amide bonds.